The van der Waals surface area contributed by atoms with Gasteiger partial charge in [-0.2, -0.15) is 0 Å². The van der Waals surface area contributed by atoms with Crippen molar-refractivity contribution in [2.45, 2.75) is 19.4 Å². The molecule has 0 radical (unpaired) electrons. The highest BCUT2D eigenvalue weighted by Gasteiger charge is 2.33. The molecule has 1 saturated heterocycles. The summed E-state index contributed by atoms with van der Waals surface area (Å²) < 4.78 is 5.51. The number of rotatable bonds is 5. The number of amides is 2. The quantitative estimate of drug-likeness (QED) is 0.822. The van der Waals surface area contributed by atoms with E-state index >= 15 is 0 Å². The largest absolute Gasteiger partial charge is 0.492 e. The maximum absolute atomic E-state index is 12.6. The van der Waals surface area contributed by atoms with Gasteiger partial charge in [-0.05, 0) is 38.1 Å². The van der Waals surface area contributed by atoms with Crippen molar-refractivity contribution >= 4 is 23.4 Å². The predicted octanol–water partition coefficient (Wildman–Crippen LogP) is 1.37. The number of piperazine rings is 1. The van der Waals surface area contributed by atoms with Crippen LogP contribution in [0.2, 0.25) is 5.02 Å². The van der Waals surface area contributed by atoms with Crippen molar-refractivity contribution in [3.63, 3.8) is 0 Å². The molecule has 2 rings (SSSR count). The number of likely N-dealkylation sites (N-methyl/N-ethyl adjacent to an activating group) is 1. The fourth-order valence-electron chi connectivity index (χ4n) is 2.47. The second-order valence-corrected chi connectivity index (χ2v) is 5.98. The molecule has 6 nitrogen and oxygen atoms in total. The van der Waals surface area contributed by atoms with Crippen molar-refractivity contribution in [1.82, 2.24) is 9.80 Å². The molecule has 1 aromatic carbocycles. The van der Waals surface area contributed by atoms with E-state index in [2.05, 4.69) is 0 Å². The van der Waals surface area contributed by atoms with Crippen LogP contribution in [0.3, 0.4) is 0 Å². The van der Waals surface area contributed by atoms with Crippen LogP contribution in [-0.2, 0) is 4.79 Å². The van der Waals surface area contributed by atoms with Crippen molar-refractivity contribution in [1.29, 1.82) is 0 Å². The summed E-state index contributed by atoms with van der Waals surface area (Å²) in [5, 5.41) is 0.376. The van der Waals surface area contributed by atoms with Gasteiger partial charge in [-0.25, -0.2) is 0 Å². The lowest BCUT2D eigenvalue weighted by Crippen LogP contribution is -2.56. The molecule has 1 aromatic rings. The second kappa shape index (κ2) is 7.66. The van der Waals surface area contributed by atoms with E-state index in [4.69, 9.17) is 22.1 Å². The average molecular weight is 340 g/mol. The third kappa shape index (κ3) is 3.95. The lowest BCUT2D eigenvalue weighted by molar-refractivity contribution is -0.137. The Kier molecular flexibility index (Phi) is 5.85. The van der Waals surface area contributed by atoms with E-state index in [0.717, 1.165) is 6.42 Å². The Morgan fingerprint density at radius 1 is 1.43 bits per heavy atom. The first-order valence-electron chi connectivity index (χ1n) is 7.64. The van der Waals surface area contributed by atoms with E-state index in [1.54, 1.807) is 42.0 Å². The van der Waals surface area contributed by atoms with Crippen LogP contribution in [0.1, 0.15) is 23.7 Å². The van der Waals surface area contributed by atoms with Crippen molar-refractivity contribution in [3.8, 4) is 5.75 Å². The standard InChI is InChI=1S/C16H22ClN3O3/c1-11-15(21)19(2)7-8-20(11)16(22)12-4-5-14(13(17)10-12)23-9-3-6-18/h4-5,10-11H,3,6-9,18H2,1-2H3/t11-/m0/s1. The van der Waals surface area contributed by atoms with Crippen LogP contribution in [0.4, 0.5) is 0 Å². The van der Waals surface area contributed by atoms with E-state index in [9.17, 15) is 9.59 Å². The molecule has 0 saturated carbocycles. The second-order valence-electron chi connectivity index (χ2n) is 5.57. The average Bonchev–Trinajstić information content (AvgIpc) is 2.54. The minimum Gasteiger partial charge on any atom is -0.492 e. The molecular weight excluding hydrogens is 318 g/mol. The first kappa shape index (κ1) is 17.6. The number of ether oxygens (including phenoxy) is 1. The Hall–Kier alpha value is -1.79. The van der Waals surface area contributed by atoms with Crippen molar-refractivity contribution in [2.24, 2.45) is 5.73 Å². The van der Waals surface area contributed by atoms with Crippen LogP contribution in [0.15, 0.2) is 18.2 Å². The number of benzene rings is 1. The lowest BCUT2D eigenvalue weighted by Gasteiger charge is -2.37. The first-order valence-corrected chi connectivity index (χ1v) is 8.02. The molecule has 0 bridgehead atoms. The van der Waals surface area contributed by atoms with Crippen molar-refractivity contribution in [2.75, 3.05) is 33.3 Å². The molecule has 0 aromatic heterocycles. The number of halogens is 1. The molecule has 1 aliphatic rings. The molecular formula is C16H22ClN3O3. The molecule has 1 atom stereocenters. The number of carbonyl (C=O) groups is 2. The molecule has 0 aliphatic carbocycles. The molecule has 1 fully saturated rings. The van der Waals surface area contributed by atoms with Gasteiger partial charge in [0.2, 0.25) is 5.91 Å². The molecule has 2 amide bonds. The van der Waals surface area contributed by atoms with E-state index in [1.165, 1.54) is 0 Å². The monoisotopic (exact) mass is 339 g/mol. The maximum Gasteiger partial charge on any atom is 0.254 e. The highest BCUT2D eigenvalue weighted by atomic mass is 35.5. The number of hydrogen-bond acceptors (Lipinski definition) is 4. The summed E-state index contributed by atoms with van der Waals surface area (Å²) in [7, 11) is 1.74. The van der Waals surface area contributed by atoms with E-state index < -0.39 is 6.04 Å². The number of hydrogen-bond donors (Lipinski definition) is 1. The lowest BCUT2D eigenvalue weighted by atomic mass is 10.1. The van der Waals surface area contributed by atoms with Gasteiger partial charge in [0.1, 0.15) is 11.8 Å². The van der Waals surface area contributed by atoms with Gasteiger partial charge in [0.05, 0.1) is 11.6 Å². The summed E-state index contributed by atoms with van der Waals surface area (Å²) in [6, 6.07) is 4.45. The molecule has 2 N–H and O–H groups in total. The summed E-state index contributed by atoms with van der Waals surface area (Å²) in [4.78, 5) is 27.8. The van der Waals surface area contributed by atoms with E-state index in [1.807, 2.05) is 0 Å². The van der Waals surface area contributed by atoms with Crippen LogP contribution in [0, 0.1) is 0 Å². The Balaban J connectivity index is 2.10. The van der Waals surface area contributed by atoms with Crippen LogP contribution in [0.25, 0.3) is 0 Å². The molecule has 0 unspecified atom stereocenters. The van der Waals surface area contributed by atoms with Crippen LogP contribution in [0.5, 0.6) is 5.75 Å². The molecule has 1 heterocycles. The molecule has 126 valence electrons. The summed E-state index contributed by atoms with van der Waals surface area (Å²) in [5.41, 5.74) is 5.87. The fraction of sp³-hybridized carbons (Fsp3) is 0.500. The van der Waals surface area contributed by atoms with Gasteiger partial charge < -0.3 is 20.3 Å². The van der Waals surface area contributed by atoms with Gasteiger partial charge >= 0.3 is 0 Å². The predicted molar refractivity (Wildman–Crippen MR) is 88.8 cm³/mol. The topological polar surface area (TPSA) is 75.9 Å². The Morgan fingerprint density at radius 2 is 2.17 bits per heavy atom. The molecule has 0 spiro atoms. The summed E-state index contributed by atoms with van der Waals surface area (Å²) >= 11 is 6.18. The highest BCUT2D eigenvalue weighted by molar-refractivity contribution is 6.32. The van der Waals surface area contributed by atoms with E-state index in [-0.39, 0.29) is 11.8 Å². The minimum atomic E-state index is -0.472. The zero-order chi connectivity index (χ0) is 17.0. The minimum absolute atomic E-state index is 0.0579. The SMILES string of the molecule is C[C@H]1C(=O)N(C)CCN1C(=O)c1ccc(OCCCN)c(Cl)c1. The number of nitrogens with zero attached hydrogens (tertiary/aromatic N) is 2. The normalized spacial score (nSPS) is 18.3. The Morgan fingerprint density at radius 3 is 2.83 bits per heavy atom. The van der Waals surface area contributed by atoms with Crippen LogP contribution in [-0.4, -0.2) is 60.9 Å². The fourth-order valence-corrected chi connectivity index (χ4v) is 2.71. The molecule has 1 aliphatic heterocycles. The van der Waals surface area contributed by atoms with Crippen molar-refractivity contribution < 1.29 is 14.3 Å². The summed E-state index contributed by atoms with van der Waals surface area (Å²) in [6.07, 6.45) is 0.734. The van der Waals surface area contributed by atoms with E-state index in [0.29, 0.717) is 42.6 Å². The smallest absolute Gasteiger partial charge is 0.254 e. The van der Waals surface area contributed by atoms with Crippen molar-refractivity contribution in [3.05, 3.63) is 28.8 Å². The first-order chi connectivity index (χ1) is 11.0. The van der Waals surface area contributed by atoms with Crippen LogP contribution < -0.4 is 10.5 Å². The zero-order valence-electron chi connectivity index (χ0n) is 13.4. The van der Waals surface area contributed by atoms with Gasteiger partial charge in [0.15, 0.2) is 0 Å². The Bertz CT molecular complexity index is 594. The third-order valence-electron chi connectivity index (χ3n) is 3.92. The Labute approximate surface area is 141 Å². The molecule has 7 heteroatoms. The molecule has 23 heavy (non-hydrogen) atoms. The number of nitrogens with two attached hydrogens (primary N) is 1. The maximum atomic E-state index is 12.6. The highest BCUT2D eigenvalue weighted by Crippen LogP contribution is 2.27. The van der Waals surface area contributed by atoms with Gasteiger partial charge in [-0.1, -0.05) is 11.6 Å². The van der Waals surface area contributed by atoms with Gasteiger partial charge in [-0.15, -0.1) is 0 Å². The van der Waals surface area contributed by atoms with Gasteiger partial charge in [-0.3, -0.25) is 9.59 Å². The number of carbonyl (C=O) groups excluding carboxylic acids is 2. The summed E-state index contributed by atoms with van der Waals surface area (Å²) in [6.45, 7) is 3.80. The third-order valence-corrected chi connectivity index (χ3v) is 4.22. The van der Waals surface area contributed by atoms with Gasteiger partial charge in [0, 0.05) is 25.7 Å². The van der Waals surface area contributed by atoms with Crippen LogP contribution >= 0.6 is 11.6 Å². The summed E-state index contributed by atoms with van der Waals surface area (Å²) in [5.74, 6) is 0.269. The van der Waals surface area contributed by atoms with Gasteiger partial charge in [0.25, 0.3) is 5.91 Å². The zero-order valence-corrected chi connectivity index (χ0v) is 14.2.